The van der Waals surface area contributed by atoms with E-state index in [0.29, 0.717) is 19.8 Å². The molecule has 2 unspecified atom stereocenters. The number of anilines is 2. The smallest absolute Gasteiger partial charge is 0.319 e. The number of aromatic nitrogens is 2. The lowest BCUT2D eigenvalue weighted by molar-refractivity contribution is 0.0983. The van der Waals surface area contributed by atoms with Crippen LogP contribution in [0.4, 0.5) is 16.3 Å². The molecule has 0 aliphatic carbocycles. The van der Waals surface area contributed by atoms with Crippen molar-refractivity contribution in [2.45, 2.75) is 39.3 Å². The molecule has 0 bridgehead atoms. The fourth-order valence-corrected chi connectivity index (χ4v) is 4.21. The zero-order chi connectivity index (χ0) is 22.0. The van der Waals surface area contributed by atoms with Gasteiger partial charge in [-0.3, -0.25) is 4.90 Å². The molecule has 166 valence electrons. The highest BCUT2D eigenvalue weighted by atomic mass is 16.5. The number of likely N-dealkylation sites (N-methyl/N-ethyl adjacent to an activating group) is 1. The van der Waals surface area contributed by atoms with Crippen LogP contribution in [-0.4, -0.2) is 66.8 Å². The topological polar surface area (TPSA) is 82.6 Å². The lowest BCUT2D eigenvalue weighted by Crippen LogP contribution is -2.45. The van der Waals surface area contributed by atoms with Gasteiger partial charge in [0.25, 0.3) is 0 Å². The van der Waals surface area contributed by atoms with Crippen molar-refractivity contribution in [3.05, 3.63) is 35.5 Å². The van der Waals surface area contributed by atoms with Gasteiger partial charge in [0, 0.05) is 42.5 Å². The Labute approximate surface area is 184 Å². The van der Waals surface area contributed by atoms with Crippen molar-refractivity contribution in [3.63, 3.8) is 0 Å². The summed E-state index contributed by atoms with van der Waals surface area (Å²) in [6, 6.07) is 8.01. The molecule has 2 aliphatic heterocycles. The molecule has 2 amide bonds. The van der Waals surface area contributed by atoms with E-state index in [4.69, 9.17) is 14.7 Å². The normalized spacial score (nSPS) is 21.5. The first-order valence-corrected chi connectivity index (χ1v) is 11.1. The van der Waals surface area contributed by atoms with Crippen LogP contribution >= 0.6 is 0 Å². The van der Waals surface area contributed by atoms with Gasteiger partial charge in [-0.15, -0.1) is 0 Å². The van der Waals surface area contributed by atoms with Crippen molar-refractivity contribution in [1.29, 1.82) is 0 Å². The Morgan fingerprint density at radius 1 is 1.19 bits per heavy atom. The summed E-state index contributed by atoms with van der Waals surface area (Å²) in [4.78, 5) is 26.5. The van der Waals surface area contributed by atoms with E-state index in [9.17, 15) is 4.79 Å². The summed E-state index contributed by atoms with van der Waals surface area (Å²) >= 11 is 0. The number of morpholine rings is 1. The lowest BCUT2D eigenvalue weighted by atomic mass is 9.98. The van der Waals surface area contributed by atoms with Crippen molar-refractivity contribution >= 4 is 17.5 Å². The van der Waals surface area contributed by atoms with Crippen molar-refractivity contribution in [1.82, 2.24) is 20.2 Å². The minimum absolute atomic E-state index is 0.208. The molecule has 8 nitrogen and oxygen atoms in total. The highest BCUT2D eigenvalue weighted by Gasteiger charge is 2.31. The quantitative estimate of drug-likeness (QED) is 0.785. The third kappa shape index (κ3) is 4.50. The van der Waals surface area contributed by atoms with Gasteiger partial charge >= 0.3 is 6.03 Å². The zero-order valence-corrected chi connectivity index (χ0v) is 18.8. The summed E-state index contributed by atoms with van der Waals surface area (Å²) in [6.45, 7) is 10.1. The van der Waals surface area contributed by atoms with Crippen LogP contribution < -0.4 is 15.5 Å². The second-order valence-corrected chi connectivity index (χ2v) is 8.32. The molecule has 0 saturated carbocycles. The number of carbonyl (C=O) groups is 1. The first-order chi connectivity index (χ1) is 15.0. The Kier molecular flexibility index (Phi) is 6.38. The summed E-state index contributed by atoms with van der Waals surface area (Å²) in [5, 5.41) is 5.57. The minimum Gasteiger partial charge on any atom is -0.377 e. The van der Waals surface area contributed by atoms with Crippen LogP contribution in [-0.2, 0) is 11.2 Å². The number of rotatable bonds is 4. The van der Waals surface area contributed by atoms with Gasteiger partial charge in [0.1, 0.15) is 5.82 Å². The van der Waals surface area contributed by atoms with E-state index in [1.807, 2.05) is 31.2 Å². The predicted octanol–water partition coefficient (Wildman–Crippen LogP) is 3.06. The molecule has 1 aromatic heterocycles. The molecule has 1 saturated heterocycles. The number of nitrogens with zero attached hydrogens (tertiary/aromatic N) is 4. The maximum absolute atomic E-state index is 11.8. The second kappa shape index (κ2) is 9.20. The lowest BCUT2D eigenvalue weighted by Gasteiger charge is -2.39. The molecule has 2 aromatic rings. The number of benzene rings is 1. The van der Waals surface area contributed by atoms with E-state index in [-0.39, 0.29) is 18.1 Å². The van der Waals surface area contributed by atoms with Crippen LogP contribution in [0.2, 0.25) is 0 Å². The molecule has 2 atom stereocenters. The van der Waals surface area contributed by atoms with E-state index in [1.165, 1.54) is 5.56 Å². The number of fused-ring (bicyclic) bond motifs is 1. The number of nitrogens with one attached hydrogen (secondary N) is 2. The van der Waals surface area contributed by atoms with Gasteiger partial charge in [0.15, 0.2) is 5.82 Å². The van der Waals surface area contributed by atoms with Crippen molar-refractivity contribution in [2.75, 3.05) is 50.1 Å². The molecular weight excluding hydrogens is 392 g/mol. The van der Waals surface area contributed by atoms with Crippen LogP contribution in [0.1, 0.15) is 38.1 Å². The van der Waals surface area contributed by atoms with Crippen molar-refractivity contribution in [2.24, 2.45) is 0 Å². The molecule has 31 heavy (non-hydrogen) atoms. The molecule has 3 heterocycles. The van der Waals surface area contributed by atoms with Gasteiger partial charge < -0.3 is 20.3 Å². The number of hydrogen-bond acceptors (Lipinski definition) is 6. The molecule has 1 fully saturated rings. The van der Waals surface area contributed by atoms with Crippen LogP contribution in [0.3, 0.4) is 0 Å². The third-order valence-electron chi connectivity index (χ3n) is 6.17. The average Bonchev–Trinajstić information content (AvgIpc) is 2.77. The Hall–Kier alpha value is -2.71. The molecule has 8 heteroatoms. The van der Waals surface area contributed by atoms with E-state index >= 15 is 0 Å². The van der Waals surface area contributed by atoms with Gasteiger partial charge in [-0.1, -0.05) is 0 Å². The molecule has 0 spiro atoms. The second-order valence-electron chi connectivity index (χ2n) is 8.32. The monoisotopic (exact) mass is 424 g/mol. The van der Waals surface area contributed by atoms with Crippen LogP contribution in [0.25, 0.3) is 11.4 Å². The standard InChI is InChI=1S/C23H32N6O2/c1-5-24-23(30)25-18-8-6-17(7-9-18)21-26-20-16(3)28(4)11-10-19(20)22(27-21)29-12-13-31-14-15(29)2/h6-9,15-16H,5,10-14H2,1-4H3,(H2,24,25,30). The Balaban J connectivity index is 1.71. The van der Waals surface area contributed by atoms with Gasteiger partial charge in [-0.2, -0.15) is 0 Å². The summed E-state index contributed by atoms with van der Waals surface area (Å²) in [7, 11) is 2.15. The summed E-state index contributed by atoms with van der Waals surface area (Å²) < 4.78 is 5.66. The maximum atomic E-state index is 11.8. The molecule has 0 radical (unpaired) electrons. The number of urea groups is 1. The van der Waals surface area contributed by atoms with Crippen molar-refractivity contribution < 1.29 is 9.53 Å². The van der Waals surface area contributed by atoms with E-state index in [0.717, 1.165) is 48.1 Å². The molecule has 4 rings (SSSR count). The van der Waals surface area contributed by atoms with Crippen molar-refractivity contribution in [3.8, 4) is 11.4 Å². The Morgan fingerprint density at radius 2 is 1.97 bits per heavy atom. The van der Waals surface area contributed by atoms with Crippen LogP contribution in [0, 0.1) is 0 Å². The van der Waals surface area contributed by atoms with Gasteiger partial charge in [-0.05, 0) is 58.5 Å². The minimum atomic E-state index is -0.208. The number of amides is 2. The first kappa shape index (κ1) is 21.5. The Bertz CT molecular complexity index is 932. The number of ether oxygens (including phenoxy) is 1. The van der Waals surface area contributed by atoms with Crippen LogP contribution in [0.15, 0.2) is 24.3 Å². The predicted molar refractivity (Wildman–Crippen MR) is 123 cm³/mol. The SMILES string of the molecule is CCNC(=O)Nc1ccc(-c2nc3c(c(N4CCOCC4C)n2)CCN(C)C3C)cc1. The third-order valence-corrected chi connectivity index (χ3v) is 6.17. The molecular formula is C23H32N6O2. The van der Waals surface area contributed by atoms with Gasteiger partial charge in [0.05, 0.1) is 24.9 Å². The fraction of sp³-hybridized carbons (Fsp3) is 0.522. The molecule has 2 aliphatic rings. The van der Waals surface area contributed by atoms with E-state index in [2.05, 4.69) is 41.3 Å². The Morgan fingerprint density at radius 3 is 2.68 bits per heavy atom. The van der Waals surface area contributed by atoms with E-state index < -0.39 is 0 Å². The van der Waals surface area contributed by atoms with E-state index in [1.54, 1.807) is 0 Å². The largest absolute Gasteiger partial charge is 0.377 e. The van der Waals surface area contributed by atoms with Gasteiger partial charge in [-0.25, -0.2) is 14.8 Å². The summed E-state index contributed by atoms with van der Waals surface area (Å²) in [5.74, 6) is 1.76. The van der Waals surface area contributed by atoms with Gasteiger partial charge in [0.2, 0.25) is 0 Å². The first-order valence-electron chi connectivity index (χ1n) is 11.1. The molecule has 2 N–H and O–H groups in total. The highest BCUT2D eigenvalue weighted by Crippen LogP contribution is 2.35. The number of hydrogen-bond donors (Lipinski definition) is 2. The fourth-order valence-electron chi connectivity index (χ4n) is 4.21. The number of carbonyl (C=O) groups excluding carboxylic acids is 1. The highest BCUT2D eigenvalue weighted by molar-refractivity contribution is 5.89. The summed E-state index contributed by atoms with van der Waals surface area (Å²) in [6.07, 6.45) is 0.950. The average molecular weight is 425 g/mol. The van der Waals surface area contributed by atoms with Crippen LogP contribution in [0.5, 0.6) is 0 Å². The maximum Gasteiger partial charge on any atom is 0.319 e. The molecule has 1 aromatic carbocycles. The summed E-state index contributed by atoms with van der Waals surface area (Å²) in [5.41, 5.74) is 4.05. The zero-order valence-electron chi connectivity index (χ0n) is 18.8.